The van der Waals surface area contributed by atoms with E-state index in [9.17, 15) is 0 Å². The second-order valence-electron chi connectivity index (χ2n) is 3.71. The van der Waals surface area contributed by atoms with Gasteiger partial charge in [0.05, 0.1) is 5.69 Å². The Morgan fingerprint density at radius 1 is 1.19 bits per heavy atom. The van der Waals surface area contributed by atoms with E-state index in [1.165, 1.54) is 10.4 Å². The van der Waals surface area contributed by atoms with Crippen molar-refractivity contribution in [2.45, 2.75) is 26.9 Å². The summed E-state index contributed by atoms with van der Waals surface area (Å²) in [6.07, 6.45) is 3.63. The summed E-state index contributed by atoms with van der Waals surface area (Å²) in [4.78, 5) is 9.78. The Morgan fingerprint density at radius 2 is 1.94 bits per heavy atom. The zero-order valence-corrected chi connectivity index (χ0v) is 10.3. The van der Waals surface area contributed by atoms with Crippen LogP contribution in [0.3, 0.4) is 0 Å². The fourth-order valence-corrected chi connectivity index (χ4v) is 2.33. The second-order valence-corrected chi connectivity index (χ2v) is 5.00. The first-order valence-electron chi connectivity index (χ1n) is 5.28. The van der Waals surface area contributed by atoms with Gasteiger partial charge in [-0.05, 0) is 31.5 Å². The number of nitrogens with zero attached hydrogens (tertiary/aromatic N) is 2. The summed E-state index contributed by atoms with van der Waals surface area (Å²) in [5.41, 5.74) is 2.39. The molecule has 1 N–H and O–H groups in total. The smallest absolute Gasteiger partial charge is 0.107 e. The van der Waals surface area contributed by atoms with Crippen LogP contribution < -0.4 is 5.32 Å². The van der Waals surface area contributed by atoms with Gasteiger partial charge in [-0.15, -0.1) is 11.3 Å². The summed E-state index contributed by atoms with van der Waals surface area (Å²) >= 11 is 1.76. The summed E-state index contributed by atoms with van der Waals surface area (Å²) < 4.78 is 0. The molecule has 16 heavy (non-hydrogen) atoms. The summed E-state index contributed by atoms with van der Waals surface area (Å²) in [5, 5.41) is 4.54. The van der Waals surface area contributed by atoms with E-state index >= 15 is 0 Å². The van der Waals surface area contributed by atoms with E-state index in [1.54, 1.807) is 11.3 Å². The fraction of sp³-hybridized carbons (Fsp3) is 0.333. The maximum atomic E-state index is 4.49. The van der Waals surface area contributed by atoms with E-state index in [2.05, 4.69) is 29.1 Å². The van der Waals surface area contributed by atoms with Gasteiger partial charge in [-0.25, -0.2) is 4.98 Å². The molecule has 0 atom stereocenters. The first-order chi connectivity index (χ1) is 7.75. The highest BCUT2D eigenvalue weighted by Crippen LogP contribution is 2.15. The molecule has 0 saturated carbocycles. The molecule has 0 bridgehead atoms. The van der Waals surface area contributed by atoms with Crippen molar-refractivity contribution in [1.82, 2.24) is 15.3 Å². The maximum absolute atomic E-state index is 4.49. The number of hydrogen-bond acceptors (Lipinski definition) is 4. The highest BCUT2D eigenvalue weighted by atomic mass is 32.1. The average Bonchev–Trinajstić information content (AvgIpc) is 2.60. The number of aromatic nitrogens is 2. The quantitative estimate of drug-likeness (QED) is 0.881. The summed E-state index contributed by atoms with van der Waals surface area (Å²) in [5.74, 6) is 0. The standard InChI is InChI=1S/C12H15N3S/c1-9-10(2)16-12(15-9)8-14-7-11-3-5-13-6-4-11/h3-6,14H,7-8H2,1-2H3. The summed E-state index contributed by atoms with van der Waals surface area (Å²) in [7, 11) is 0. The minimum Gasteiger partial charge on any atom is -0.306 e. The lowest BCUT2D eigenvalue weighted by atomic mass is 10.3. The van der Waals surface area contributed by atoms with E-state index in [1.807, 2.05) is 24.5 Å². The van der Waals surface area contributed by atoms with E-state index in [-0.39, 0.29) is 0 Å². The molecule has 0 spiro atoms. The number of hydrogen-bond donors (Lipinski definition) is 1. The van der Waals surface area contributed by atoms with Crippen LogP contribution in [-0.2, 0) is 13.1 Å². The predicted molar refractivity (Wildman–Crippen MR) is 66.4 cm³/mol. The van der Waals surface area contributed by atoms with Gasteiger partial charge < -0.3 is 5.32 Å². The molecule has 3 nitrogen and oxygen atoms in total. The zero-order valence-electron chi connectivity index (χ0n) is 9.53. The van der Waals surface area contributed by atoms with Gasteiger partial charge in [0.15, 0.2) is 0 Å². The molecule has 0 aliphatic heterocycles. The fourth-order valence-electron chi connectivity index (χ4n) is 1.43. The van der Waals surface area contributed by atoms with Crippen molar-refractivity contribution in [3.63, 3.8) is 0 Å². The molecule has 0 aliphatic rings. The van der Waals surface area contributed by atoms with Crippen molar-refractivity contribution in [3.05, 3.63) is 45.7 Å². The van der Waals surface area contributed by atoms with Crippen LogP contribution in [0.4, 0.5) is 0 Å². The Labute approximate surface area is 99.6 Å². The van der Waals surface area contributed by atoms with Crippen molar-refractivity contribution >= 4 is 11.3 Å². The number of pyridine rings is 1. The minimum absolute atomic E-state index is 0.835. The molecule has 2 aromatic heterocycles. The molecule has 0 unspecified atom stereocenters. The Bertz CT molecular complexity index is 431. The van der Waals surface area contributed by atoms with Crippen LogP contribution in [0.25, 0.3) is 0 Å². The minimum atomic E-state index is 0.835. The summed E-state index contributed by atoms with van der Waals surface area (Å²) in [6, 6.07) is 4.04. The monoisotopic (exact) mass is 233 g/mol. The average molecular weight is 233 g/mol. The van der Waals surface area contributed by atoms with Gasteiger partial charge in [0, 0.05) is 30.4 Å². The van der Waals surface area contributed by atoms with Gasteiger partial charge in [-0.3, -0.25) is 4.98 Å². The van der Waals surface area contributed by atoms with Crippen molar-refractivity contribution in [3.8, 4) is 0 Å². The first-order valence-corrected chi connectivity index (χ1v) is 6.10. The molecule has 4 heteroatoms. The van der Waals surface area contributed by atoms with Crippen molar-refractivity contribution in [2.75, 3.05) is 0 Å². The van der Waals surface area contributed by atoms with Crippen LogP contribution in [0, 0.1) is 13.8 Å². The molecule has 0 radical (unpaired) electrons. The first kappa shape index (κ1) is 11.2. The molecule has 0 aromatic carbocycles. The van der Waals surface area contributed by atoms with E-state index in [0.29, 0.717) is 0 Å². The number of aryl methyl sites for hydroxylation is 2. The second kappa shape index (κ2) is 5.18. The highest BCUT2D eigenvalue weighted by Gasteiger charge is 2.02. The lowest BCUT2D eigenvalue weighted by molar-refractivity contribution is 0.688. The predicted octanol–water partition coefficient (Wildman–Crippen LogP) is 2.44. The van der Waals surface area contributed by atoms with Crippen LogP contribution in [0.15, 0.2) is 24.5 Å². The maximum Gasteiger partial charge on any atom is 0.107 e. The van der Waals surface area contributed by atoms with Crippen molar-refractivity contribution < 1.29 is 0 Å². The topological polar surface area (TPSA) is 37.8 Å². The molecular weight excluding hydrogens is 218 g/mol. The number of thiazole rings is 1. The molecular formula is C12H15N3S. The molecule has 2 heterocycles. The molecule has 0 aliphatic carbocycles. The molecule has 84 valence electrons. The van der Waals surface area contributed by atoms with Crippen molar-refractivity contribution in [2.24, 2.45) is 0 Å². The van der Waals surface area contributed by atoms with Crippen LogP contribution in [0.1, 0.15) is 21.1 Å². The van der Waals surface area contributed by atoms with E-state index in [0.717, 1.165) is 23.8 Å². The molecule has 0 amide bonds. The molecule has 2 rings (SSSR count). The Kier molecular flexibility index (Phi) is 3.64. The van der Waals surface area contributed by atoms with E-state index in [4.69, 9.17) is 0 Å². The van der Waals surface area contributed by atoms with Gasteiger partial charge in [0.1, 0.15) is 5.01 Å². The summed E-state index contributed by atoms with van der Waals surface area (Å²) in [6.45, 7) is 5.86. The number of rotatable bonds is 4. The van der Waals surface area contributed by atoms with Gasteiger partial charge in [-0.2, -0.15) is 0 Å². The zero-order chi connectivity index (χ0) is 11.4. The lowest BCUT2D eigenvalue weighted by Gasteiger charge is -2.01. The third kappa shape index (κ3) is 2.87. The van der Waals surface area contributed by atoms with Crippen LogP contribution >= 0.6 is 11.3 Å². The Balaban J connectivity index is 1.84. The van der Waals surface area contributed by atoms with Crippen LogP contribution in [-0.4, -0.2) is 9.97 Å². The third-order valence-electron chi connectivity index (χ3n) is 2.43. The third-order valence-corrected chi connectivity index (χ3v) is 3.50. The van der Waals surface area contributed by atoms with Crippen LogP contribution in [0.2, 0.25) is 0 Å². The number of nitrogens with one attached hydrogen (secondary N) is 1. The Hall–Kier alpha value is -1.26. The van der Waals surface area contributed by atoms with Gasteiger partial charge in [0.25, 0.3) is 0 Å². The molecule has 2 aromatic rings. The van der Waals surface area contributed by atoms with Crippen molar-refractivity contribution in [1.29, 1.82) is 0 Å². The normalized spacial score (nSPS) is 10.6. The molecule has 0 saturated heterocycles. The largest absolute Gasteiger partial charge is 0.306 e. The van der Waals surface area contributed by atoms with Gasteiger partial charge >= 0.3 is 0 Å². The van der Waals surface area contributed by atoms with E-state index < -0.39 is 0 Å². The molecule has 0 fully saturated rings. The van der Waals surface area contributed by atoms with Gasteiger partial charge in [0.2, 0.25) is 0 Å². The van der Waals surface area contributed by atoms with Crippen LogP contribution in [0.5, 0.6) is 0 Å². The van der Waals surface area contributed by atoms with Gasteiger partial charge in [-0.1, -0.05) is 0 Å². The SMILES string of the molecule is Cc1nc(CNCc2ccncc2)sc1C. The Morgan fingerprint density at radius 3 is 2.56 bits per heavy atom. The lowest BCUT2D eigenvalue weighted by Crippen LogP contribution is -2.12. The highest BCUT2D eigenvalue weighted by molar-refractivity contribution is 7.11.